The number of carbonyl (C=O) groups is 3. The van der Waals surface area contributed by atoms with Gasteiger partial charge < -0.3 is 25.0 Å². The fourth-order valence-corrected chi connectivity index (χ4v) is 3.21. The summed E-state index contributed by atoms with van der Waals surface area (Å²) in [7, 11) is 3.08. The van der Waals surface area contributed by atoms with E-state index in [0.717, 1.165) is 0 Å². The lowest BCUT2D eigenvalue weighted by Gasteiger charge is -2.20. The lowest BCUT2D eigenvalue weighted by atomic mass is 10.1. The van der Waals surface area contributed by atoms with E-state index in [1.165, 1.54) is 14.0 Å². The van der Waals surface area contributed by atoms with Crippen molar-refractivity contribution in [3.63, 3.8) is 0 Å². The van der Waals surface area contributed by atoms with Crippen LogP contribution in [0.25, 0.3) is 0 Å². The molecule has 2 aromatic carbocycles. The molecule has 1 saturated heterocycles. The number of carbonyl (C=O) groups excluding carboxylic acids is 3. The van der Waals surface area contributed by atoms with Crippen molar-refractivity contribution < 1.29 is 23.9 Å². The molecule has 3 amide bonds. The van der Waals surface area contributed by atoms with Crippen LogP contribution < -0.4 is 25.0 Å². The van der Waals surface area contributed by atoms with E-state index in [1.807, 2.05) is 0 Å². The molecule has 3 rings (SSSR count). The Morgan fingerprint density at radius 2 is 1.66 bits per heavy atom. The summed E-state index contributed by atoms with van der Waals surface area (Å²) in [4.78, 5) is 37.8. The van der Waals surface area contributed by atoms with Crippen LogP contribution in [0.1, 0.15) is 13.3 Å². The van der Waals surface area contributed by atoms with Crippen molar-refractivity contribution >= 4 is 34.8 Å². The first-order valence-corrected chi connectivity index (χ1v) is 9.12. The molecule has 29 heavy (non-hydrogen) atoms. The maximum Gasteiger partial charge on any atom is 0.229 e. The van der Waals surface area contributed by atoms with Crippen molar-refractivity contribution in [2.45, 2.75) is 13.3 Å². The molecule has 2 aromatic rings. The second-order valence-electron chi connectivity index (χ2n) is 6.69. The van der Waals surface area contributed by atoms with Gasteiger partial charge in [-0.25, -0.2) is 0 Å². The van der Waals surface area contributed by atoms with E-state index < -0.39 is 5.92 Å². The first kappa shape index (κ1) is 20.2. The Morgan fingerprint density at radius 3 is 2.24 bits per heavy atom. The van der Waals surface area contributed by atoms with E-state index in [9.17, 15) is 14.4 Å². The van der Waals surface area contributed by atoms with Gasteiger partial charge in [0.25, 0.3) is 0 Å². The summed E-state index contributed by atoms with van der Waals surface area (Å²) in [6.07, 6.45) is 0.116. The summed E-state index contributed by atoms with van der Waals surface area (Å²) >= 11 is 0. The van der Waals surface area contributed by atoms with Gasteiger partial charge in [0.2, 0.25) is 17.7 Å². The molecule has 1 aliphatic rings. The van der Waals surface area contributed by atoms with E-state index in [-0.39, 0.29) is 30.7 Å². The second-order valence-corrected chi connectivity index (χ2v) is 6.69. The highest BCUT2D eigenvalue weighted by atomic mass is 16.5. The Labute approximate surface area is 168 Å². The molecule has 2 N–H and O–H groups in total. The molecule has 8 heteroatoms. The molecule has 1 fully saturated rings. The molecular weight excluding hydrogens is 374 g/mol. The van der Waals surface area contributed by atoms with Crippen LogP contribution in [0.15, 0.2) is 42.5 Å². The zero-order valence-electron chi connectivity index (χ0n) is 16.5. The summed E-state index contributed by atoms with van der Waals surface area (Å²) in [5, 5.41) is 5.49. The third-order valence-electron chi connectivity index (χ3n) is 4.65. The lowest BCUT2D eigenvalue weighted by Crippen LogP contribution is -2.28. The number of anilines is 3. The van der Waals surface area contributed by atoms with Crippen LogP contribution in [0.4, 0.5) is 17.1 Å². The van der Waals surface area contributed by atoms with Crippen molar-refractivity contribution in [3.8, 4) is 11.5 Å². The Kier molecular flexibility index (Phi) is 6.01. The molecule has 1 atom stereocenters. The first-order chi connectivity index (χ1) is 13.9. The molecule has 1 unspecified atom stereocenters. The first-order valence-electron chi connectivity index (χ1n) is 9.12. The Morgan fingerprint density at radius 1 is 1.00 bits per heavy atom. The van der Waals surface area contributed by atoms with Gasteiger partial charge in [-0.05, 0) is 36.4 Å². The van der Waals surface area contributed by atoms with Crippen LogP contribution >= 0.6 is 0 Å². The molecule has 152 valence electrons. The number of methoxy groups -OCH3 is 2. The predicted octanol–water partition coefficient (Wildman–Crippen LogP) is 2.65. The molecular formula is C21H23N3O5. The normalized spacial score (nSPS) is 15.8. The molecule has 8 nitrogen and oxygen atoms in total. The Bertz CT molecular complexity index is 926. The number of ether oxygens (including phenoxy) is 2. The van der Waals surface area contributed by atoms with Crippen LogP contribution in [-0.2, 0) is 14.4 Å². The van der Waals surface area contributed by atoms with Gasteiger partial charge in [0.1, 0.15) is 11.5 Å². The van der Waals surface area contributed by atoms with Gasteiger partial charge in [-0.3, -0.25) is 14.4 Å². The Hall–Kier alpha value is -3.55. The number of nitrogens with zero attached hydrogens (tertiary/aromatic N) is 1. The topological polar surface area (TPSA) is 97.0 Å². The highest BCUT2D eigenvalue weighted by molar-refractivity contribution is 6.04. The molecule has 1 heterocycles. The van der Waals surface area contributed by atoms with Crippen molar-refractivity contribution in [1.82, 2.24) is 0 Å². The molecule has 0 aliphatic carbocycles. The fourth-order valence-electron chi connectivity index (χ4n) is 3.21. The monoisotopic (exact) mass is 397 g/mol. The van der Waals surface area contributed by atoms with Crippen LogP contribution in [0.5, 0.6) is 11.5 Å². The van der Waals surface area contributed by atoms with Gasteiger partial charge in [0.05, 0.1) is 25.8 Å². The van der Waals surface area contributed by atoms with E-state index in [4.69, 9.17) is 9.47 Å². The van der Waals surface area contributed by atoms with Crippen LogP contribution in [0, 0.1) is 5.92 Å². The standard InChI is InChI=1S/C21H23N3O5/c1-13(25)22-15-4-6-16(7-5-15)23-21(27)14-10-20(26)24(12-14)18-9-8-17(28-2)11-19(18)29-3/h4-9,11,14H,10,12H2,1-3H3,(H,22,25)(H,23,27). The summed E-state index contributed by atoms with van der Waals surface area (Å²) < 4.78 is 10.6. The molecule has 0 spiro atoms. The minimum absolute atomic E-state index is 0.116. The number of rotatable bonds is 6. The average molecular weight is 397 g/mol. The summed E-state index contributed by atoms with van der Waals surface area (Å²) in [6.45, 7) is 1.69. The van der Waals surface area contributed by atoms with Gasteiger partial charge in [0.15, 0.2) is 0 Å². The minimum atomic E-state index is -0.482. The van der Waals surface area contributed by atoms with Crippen molar-refractivity contribution in [1.29, 1.82) is 0 Å². The van der Waals surface area contributed by atoms with Crippen LogP contribution in [-0.4, -0.2) is 38.5 Å². The fraction of sp³-hybridized carbons (Fsp3) is 0.286. The summed E-state index contributed by atoms with van der Waals surface area (Å²) in [5.41, 5.74) is 1.84. The number of hydrogen-bond donors (Lipinski definition) is 2. The summed E-state index contributed by atoms with van der Waals surface area (Å²) in [5.74, 6) is 0.0985. The van der Waals surface area contributed by atoms with Crippen LogP contribution in [0.3, 0.4) is 0 Å². The van der Waals surface area contributed by atoms with E-state index in [1.54, 1.807) is 54.5 Å². The third kappa shape index (κ3) is 4.66. The van der Waals surface area contributed by atoms with E-state index in [2.05, 4.69) is 10.6 Å². The van der Waals surface area contributed by atoms with Gasteiger partial charge in [-0.2, -0.15) is 0 Å². The van der Waals surface area contributed by atoms with Gasteiger partial charge in [0, 0.05) is 37.3 Å². The largest absolute Gasteiger partial charge is 0.497 e. The quantitative estimate of drug-likeness (QED) is 0.781. The molecule has 0 aromatic heterocycles. The van der Waals surface area contributed by atoms with Crippen molar-refractivity contribution in [2.75, 3.05) is 36.3 Å². The van der Waals surface area contributed by atoms with E-state index in [0.29, 0.717) is 28.6 Å². The smallest absolute Gasteiger partial charge is 0.229 e. The highest BCUT2D eigenvalue weighted by Gasteiger charge is 2.36. The van der Waals surface area contributed by atoms with Gasteiger partial charge in [-0.1, -0.05) is 0 Å². The minimum Gasteiger partial charge on any atom is -0.497 e. The highest BCUT2D eigenvalue weighted by Crippen LogP contribution is 2.36. The summed E-state index contributed by atoms with van der Waals surface area (Å²) in [6, 6.07) is 12.0. The average Bonchev–Trinajstić information content (AvgIpc) is 3.10. The SMILES string of the molecule is COc1ccc(N2CC(C(=O)Nc3ccc(NC(C)=O)cc3)CC2=O)c(OC)c1. The molecule has 0 saturated carbocycles. The molecule has 0 radical (unpaired) electrons. The van der Waals surface area contributed by atoms with E-state index >= 15 is 0 Å². The van der Waals surface area contributed by atoms with Crippen LogP contribution in [0.2, 0.25) is 0 Å². The van der Waals surface area contributed by atoms with Crippen molar-refractivity contribution in [2.24, 2.45) is 5.92 Å². The third-order valence-corrected chi connectivity index (χ3v) is 4.65. The molecule has 1 aliphatic heterocycles. The van der Waals surface area contributed by atoms with Gasteiger partial charge >= 0.3 is 0 Å². The lowest BCUT2D eigenvalue weighted by molar-refractivity contribution is -0.122. The number of benzene rings is 2. The molecule has 0 bridgehead atoms. The number of amides is 3. The van der Waals surface area contributed by atoms with Crippen molar-refractivity contribution in [3.05, 3.63) is 42.5 Å². The zero-order valence-corrected chi connectivity index (χ0v) is 16.5. The number of nitrogens with one attached hydrogen (secondary N) is 2. The maximum atomic E-state index is 12.6. The maximum absolute atomic E-state index is 12.6. The van der Waals surface area contributed by atoms with Gasteiger partial charge in [-0.15, -0.1) is 0 Å². The predicted molar refractivity (Wildman–Crippen MR) is 109 cm³/mol. The second kappa shape index (κ2) is 8.64. The Balaban J connectivity index is 1.68. The zero-order chi connectivity index (χ0) is 21.0. The number of hydrogen-bond acceptors (Lipinski definition) is 5.